The molecule has 0 aliphatic carbocycles. The highest BCUT2D eigenvalue weighted by molar-refractivity contribution is 5.34. The Kier molecular flexibility index (Phi) is 5.51. The first-order valence-electron chi connectivity index (χ1n) is 7.82. The maximum atomic E-state index is 4.56. The molecule has 1 aromatic carbocycles. The summed E-state index contributed by atoms with van der Waals surface area (Å²) >= 11 is 0. The Morgan fingerprint density at radius 3 is 2.62 bits per heavy atom. The minimum absolute atomic E-state index is 0.332. The molecule has 2 heteroatoms. The lowest BCUT2D eigenvalue weighted by atomic mass is 9.94. The lowest BCUT2D eigenvalue weighted by Crippen LogP contribution is -2.25. The summed E-state index contributed by atoms with van der Waals surface area (Å²) in [5.74, 6) is 0. The number of benzene rings is 1. The van der Waals surface area contributed by atoms with Gasteiger partial charge in [-0.1, -0.05) is 36.8 Å². The first-order chi connectivity index (χ1) is 10.1. The summed E-state index contributed by atoms with van der Waals surface area (Å²) in [5, 5.41) is 3.69. The predicted octanol–water partition coefficient (Wildman–Crippen LogP) is 4.29. The predicted molar refractivity (Wildman–Crippen MR) is 89.6 cm³/mol. The van der Waals surface area contributed by atoms with E-state index in [4.69, 9.17) is 0 Å². The van der Waals surface area contributed by atoms with Gasteiger partial charge < -0.3 is 5.32 Å². The summed E-state index contributed by atoms with van der Waals surface area (Å²) in [6.07, 6.45) is 3.97. The lowest BCUT2D eigenvalue weighted by Gasteiger charge is -2.22. The maximum Gasteiger partial charge on any atom is 0.0451 e. The van der Waals surface area contributed by atoms with E-state index in [1.54, 1.807) is 0 Å². The van der Waals surface area contributed by atoms with Crippen molar-refractivity contribution in [3.05, 3.63) is 64.5 Å². The van der Waals surface area contributed by atoms with Gasteiger partial charge in [0.25, 0.3) is 0 Å². The van der Waals surface area contributed by atoms with Gasteiger partial charge in [-0.05, 0) is 56.5 Å². The summed E-state index contributed by atoms with van der Waals surface area (Å²) in [6.45, 7) is 9.73. The van der Waals surface area contributed by atoms with E-state index in [2.05, 4.69) is 62.3 Å². The summed E-state index contributed by atoms with van der Waals surface area (Å²) in [5.41, 5.74) is 6.52. The van der Waals surface area contributed by atoms with Gasteiger partial charge in [0.05, 0.1) is 0 Å². The Morgan fingerprint density at radius 2 is 1.90 bits per heavy atom. The SMILES string of the molecule is CCCNC(Cc1ncccc1C)c1cc(C)ccc1C. The zero-order valence-electron chi connectivity index (χ0n) is 13.6. The molecule has 1 N–H and O–H groups in total. The van der Waals surface area contributed by atoms with E-state index < -0.39 is 0 Å². The van der Waals surface area contributed by atoms with Crippen LogP contribution in [0.5, 0.6) is 0 Å². The van der Waals surface area contributed by atoms with Crippen molar-refractivity contribution in [1.82, 2.24) is 10.3 Å². The molecule has 0 aliphatic rings. The molecule has 0 aliphatic heterocycles. The molecule has 0 bridgehead atoms. The van der Waals surface area contributed by atoms with Crippen LogP contribution in [0.15, 0.2) is 36.5 Å². The normalized spacial score (nSPS) is 12.4. The topological polar surface area (TPSA) is 24.9 Å². The van der Waals surface area contributed by atoms with E-state index in [-0.39, 0.29) is 0 Å². The zero-order valence-corrected chi connectivity index (χ0v) is 13.6. The Balaban J connectivity index is 2.30. The van der Waals surface area contributed by atoms with Crippen LogP contribution < -0.4 is 5.32 Å². The lowest BCUT2D eigenvalue weighted by molar-refractivity contribution is 0.521. The van der Waals surface area contributed by atoms with Crippen molar-refractivity contribution < 1.29 is 0 Å². The maximum absolute atomic E-state index is 4.56. The van der Waals surface area contributed by atoms with Crippen molar-refractivity contribution in [3.63, 3.8) is 0 Å². The number of aryl methyl sites for hydroxylation is 3. The van der Waals surface area contributed by atoms with Gasteiger partial charge in [0, 0.05) is 24.4 Å². The van der Waals surface area contributed by atoms with Crippen molar-refractivity contribution in [3.8, 4) is 0 Å². The minimum Gasteiger partial charge on any atom is -0.310 e. The quantitative estimate of drug-likeness (QED) is 0.855. The number of aromatic nitrogens is 1. The van der Waals surface area contributed by atoms with Gasteiger partial charge in [0.2, 0.25) is 0 Å². The summed E-state index contributed by atoms with van der Waals surface area (Å²) in [4.78, 5) is 4.56. The highest BCUT2D eigenvalue weighted by Crippen LogP contribution is 2.23. The van der Waals surface area contributed by atoms with Gasteiger partial charge in [-0.3, -0.25) is 4.98 Å². The van der Waals surface area contributed by atoms with Gasteiger partial charge in [0.15, 0.2) is 0 Å². The molecule has 0 saturated carbocycles. The van der Waals surface area contributed by atoms with Crippen molar-refractivity contribution >= 4 is 0 Å². The highest BCUT2D eigenvalue weighted by Gasteiger charge is 2.15. The minimum atomic E-state index is 0.332. The van der Waals surface area contributed by atoms with Crippen molar-refractivity contribution in [1.29, 1.82) is 0 Å². The van der Waals surface area contributed by atoms with Crippen LogP contribution in [0.3, 0.4) is 0 Å². The third-order valence-electron chi connectivity index (χ3n) is 3.97. The van der Waals surface area contributed by atoms with Crippen LogP contribution in [0, 0.1) is 20.8 Å². The number of nitrogens with one attached hydrogen (secondary N) is 1. The number of hydrogen-bond acceptors (Lipinski definition) is 2. The van der Waals surface area contributed by atoms with E-state index in [9.17, 15) is 0 Å². The standard InChI is InChI=1S/C19H26N2/c1-5-10-20-19(13-18-16(4)7-6-11-21-18)17-12-14(2)8-9-15(17)3/h6-9,11-12,19-20H,5,10,13H2,1-4H3. The molecular weight excluding hydrogens is 256 g/mol. The average molecular weight is 282 g/mol. The number of nitrogens with zero attached hydrogens (tertiary/aromatic N) is 1. The van der Waals surface area contributed by atoms with Crippen molar-refractivity contribution in [2.45, 2.75) is 46.6 Å². The highest BCUT2D eigenvalue weighted by atomic mass is 14.9. The fourth-order valence-electron chi connectivity index (χ4n) is 2.67. The van der Waals surface area contributed by atoms with Crippen LogP contribution in [-0.4, -0.2) is 11.5 Å². The van der Waals surface area contributed by atoms with Crippen LogP contribution in [0.4, 0.5) is 0 Å². The van der Waals surface area contributed by atoms with Crippen LogP contribution in [0.1, 0.15) is 47.3 Å². The number of pyridine rings is 1. The zero-order chi connectivity index (χ0) is 15.2. The second-order valence-electron chi connectivity index (χ2n) is 5.84. The number of rotatable bonds is 6. The molecular formula is C19H26N2. The first kappa shape index (κ1) is 15.7. The van der Waals surface area contributed by atoms with E-state index in [0.717, 1.165) is 19.4 Å². The van der Waals surface area contributed by atoms with Gasteiger partial charge >= 0.3 is 0 Å². The second kappa shape index (κ2) is 7.37. The van der Waals surface area contributed by atoms with E-state index in [1.807, 2.05) is 12.3 Å². The molecule has 1 aromatic heterocycles. The molecule has 0 amide bonds. The molecule has 112 valence electrons. The summed E-state index contributed by atoms with van der Waals surface area (Å²) < 4.78 is 0. The molecule has 2 nitrogen and oxygen atoms in total. The van der Waals surface area contributed by atoms with E-state index >= 15 is 0 Å². The third-order valence-corrected chi connectivity index (χ3v) is 3.97. The smallest absolute Gasteiger partial charge is 0.0451 e. The Morgan fingerprint density at radius 1 is 1.10 bits per heavy atom. The monoisotopic (exact) mass is 282 g/mol. The molecule has 2 rings (SSSR count). The van der Waals surface area contributed by atoms with E-state index in [1.165, 1.54) is 27.9 Å². The fourth-order valence-corrected chi connectivity index (χ4v) is 2.67. The van der Waals surface area contributed by atoms with E-state index in [0.29, 0.717) is 6.04 Å². The molecule has 0 radical (unpaired) electrons. The molecule has 1 unspecified atom stereocenters. The van der Waals surface area contributed by atoms with Crippen LogP contribution in [-0.2, 0) is 6.42 Å². The van der Waals surface area contributed by atoms with Crippen molar-refractivity contribution in [2.75, 3.05) is 6.54 Å². The average Bonchev–Trinajstić information content (AvgIpc) is 2.48. The van der Waals surface area contributed by atoms with Gasteiger partial charge in [-0.25, -0.2) is 0 Å². The van der Waals surface area contributed by atoms with Crippen LogP contribution >= 0.6 is 0 Å². The molecule has 0 saturated heterocycles. The Bertz CT molecular complexity index is 590. The largest absolute Gasteiger partial charge is 0.310 e. The molecule has 0 fully saturated rings. The van der Waals surface area contributed by atoms with Crippen molar-refractivity contribution in [2.24, 2.45) is 0 Å². The molecule has 21 heavy (non-hydrogen) atoms. The molecule has 1 atom stereocenters. The Labute approximate surface area is 128 Å². The summed E-state index contributed by atoms with van der Waals surface area (Å²) in [6, 6.07) is 11.2. The molecule has 1 heterocycles. The Hall–Kier alpha value is -1.67. The summed E-state index contributed by atoms with van der Waals surface area (Å²) in [7, 11) is 0. The second-order valence-corrected chi connectivity index (χ2v) is 5.84. The van der Waals surface area contributed by atoms with Crippen LogP contribution in [0.2, 0.25) is 0 Å². The van der Waals surface area contributed by atoms with Gasteiger partial charge in [-0.2, -0.15) is 0 Å². The molecule has 0 spiro atoms. The first-order valence-corrected chi connectivity index (χ1v) is 7.82. The fraction of sp³-hybridized carbons (Fsp3) is 0.421. The number of hydrogen-bond donors (Lipinski definition) is 1. The van der Waals surface area contributed by atoms with Crippen LogP contribution in [0.25, 0.3) is 0 Å². The molecule has 2 aromatic rings. The van der Waals surface area contributed by atoms with Gasteiger partial charge in [-0.15, -0.1) is 0 Å². The third kappa shape index (κ3) is 4.15. The van der Waals surface area contributed by atoms with Gasteiger partial charge in [0.1, 0.15) is 0 Å².